The molecule has 2 aromatic carbocycles. The van der Waals surface area contributed by atoms with E-state index in [9.17, 15) is 17.4 Å². The highest BCUT2D eigenvalue weighted by atomic mass is 32.2. The third kappa shape index (κ3) is 4.76. The van der Waals surface area contributed by atoms with Gasteiger partial charge in [0.25, 0.3) is 0 Å². The zero-order valence-corrected chi connectivity index (χ0v) is 18.4. The van der Waals surface area contributed by atoms with Gasteiger partial charge in [0.2, 0.25) is 5.89 Å². The second kappa shape index (κ2) is 8.64. The van der Waals surface area contributed by atoms with Crippen LogP contribution in [-0.4, -0.2) is 18.0 Å². The number of aromatic nitrogens is 2. The summed E-state index contributed by atoms with van der Waals surface area (Å²) in [7, 11) is -2.30. The lowest BCUT2D eigenvalue weighted by Crippen LogP contribution is -2.25. The Kier molecular flexibility index (Phi) is 5.90. The fourth-order valence-corrected chi connectivity index (χ4v) is 3.92. The van der Waals surface area contributed by atoms with E-state index < -0.39 is 10.1 Å². The van der Waals surface area contributed by atoms with E-state index in [4.69, 9.17) is 4.42 Å². The van der Waals surface area contributed by atoms with Gasteiger partial charge in [0, 0.05) is 23.3 Å². The first kappa shape index (κ1) is 21.9. The van der Waals surface area contributed by atoms with E-state index in [1.807, 2.05) is 43.1 Å². The van der Waals surface area contributed by atoms with Crippen LogP contribution >= 0.6 is 0 Å². The number of halogens is 1. The van der Waals surface area contributed by atoms with E-state index in [2.05, 4.69) is 4.98 Å². The third-order valence-corrected chi connectivity index (χ3v) is 6.02. The minimum absolute atomic E-state index is 0.178. The van der Waals surface area contributed by atoms with Gasteiger partial charge in [0.05, 0.1) is 10.6 Å². The van der Waals surface area contributed by atoms with Crippen LogP contribution in [0.15, 0.2) is 76.3 Å². The molecular formula is C24H21FN2O4S. The summed E-state index contributed by atoms with van der Waals surface area (Å²) in [5, 5.41) is 0. The predicted molar refractivity (Wildman–Crippen MR) is 115 cm³/mol. The molecule has 0 radical (unpaired) electrons. The zero-order chi connectivity index (χ0) is 22.9. The van der Waals surface area contributed by atoms with Crippen LogP contribution in [0.5, 0.6) is 0 Å². The van der Waals surface area contributed by atoms with Crippen molar-refractivity contribution >= 4 is 10.1 Å². The summed E-state index contributed by atoms with van der Waals surface area (Å²) in [6.45, 7) is 1.82. The van der Waals surface area contributed by atoms with Gasteiger partial charge in [-0.25, -0.2) is 22.4 Å². The molecule has 0 atom stereocenters. The molecule has 0 saturated heterocycles. The summed E-state index contributed by atoms with van der Waals surface area (Å²) in [4.78, 5) is 4.42. The first-order chi connectivity index (χ1) is 15.2. The minimum atomic E-state index is -4.27. The maximum absolute atomic E-state index is 13.3. The fraction of sp³-hybridized carbons (Fsp3) is 0.167. The molecule has 0 aliphatic heterocycles. The molecule has 0 fully saturated rings. The van der Waals surface area contributed by atoms with Crippen LogP contribution < -0.4 is 4.57 Å². The van der Waals surface area contributed by atoms with Gasteiger partial charge in [0.1, 0.15) is 23.0 Å². The molecule has 0 bridgehead atoms. The lowest BCUT2D eigenvalue weighted by Gasteiger charge is -2.13. The smallest absolute Gasteiger partial charge is 0.227 e. The maximum atomic E-state index is 13.3. The molecule has 0 unspecified atom stereocenters. The SMILES string of the molecule is C[n+]1ccc(-c2nc3c(o2)-c2ccc(F)cc2CC3)cc1.Cc1ccc(S(=O)(=O)[O-])cc1. The summed E-state index contributed by atoms with van der Waals surface area (Å²) in [6, 6.07) is 14.6. The van der Waals surface area contributed by atoms with E-state index in [0.29, 0.717) is 5.89 Å². The van der Waals surface area contributed by atoms with Gasteiger partial charge in [0.15, 0.2) is 18.2 Å². The summed E-state index contributed by atoms with van der Waals surface area (Å²) >= 11 is 0. The van der Waals surface area contributed by atoms with Crippen molar-refractivity contribution < 1.29 is 26.3 Å². The average Bonchev–Trinajstić information content (AvgIpc) is 3.19. The number of pyridine rings is 1. The molecular weight excluding hydrogens is 431 g/mol. The standard InChI is InChI=1S/C17H14FN2O.C7H8O3S/c1-20-8-6-11(7-9-20)17-19-15-5-2-12-10-13(18)3-4-14(12)16(15)21-17;1-6-2-4-7(5-3-6)11(8,9)10/h3-4,6-10H,2,5H2,1H3;2-5H,1H3,(H,8,9,10)/q+1;/p-1. The molecule has 0 amide bonds. The molecule has 4 aromatic rings. The van der Waals surface area contributed by atoms with E-state index >= 15 is 0 Å². The second-order valence-corrected chi connectivity index (χ2v) is 9.00. The number of rotatable bonds is 2. The van der Waals surface area contributed by atoms with Crippen molar-refractivity contribution in [2.24, 2.45) is 7.05 Å². The van der Waals surface area contributed by atoms with Crippen molar-refractivity contribution in [1.29, 1.82) is 0 Å². The van der Waals surface area contributed by atoms with Crippen molar-refractivity contribution in [3.63, 3.8) is 0 Å². The average molecular weight is 453 g/mol. The molecule has 164 valence electrons. The van der Waals surface area contributed by atoms with Gasteiger partial charge in [-0.1, -0.05) is 17.7 Å². The normalized spacial score (nSPS) is 12.4. The Balaban J connectivity index is 0.000000189. The molecule has 2 aromatic heterocycles. The highest BCUT2D eigenvalue weighted by Crippen LogP contribution is 2.36. The molecule has 5 rings (SSSR count). The molecule has 1 aliphatic rings. The molecule has 32 heavy (non-hydrogen) atoms. The molecule has 0 N–H and O–H groups in total. The van der Waals surface area contributed by atoms with Crippen LogP contribution in [0.25, 0.3) is 22.8 Å². The van der Waals surface area contributed by atoms with E-state index in [1.54, 1.807) is 24.3 Å². The fourth-order valence-electron chi connectivity index (χ4n) is 3.45. The van der Waals surface area contributed by atoms with Gasteiger partial charge in [-0.3, -0.25) is 0 Å². The lowest BCUT2D eigenvalue weighted by molar-refractivity contribution is -0.671. The molecule has 1 aliphatic carbocycles. The number of hydrogen-bond acceptors (Lipinski definition) is 5. The van der Waals surface area contributed by atoms with Crippen molar-refractivity contribution in [2.75, 3.05) is 0 Å². The number of benzene rings is 2. The number of aryl methyl sites for hydroxylation is 4. The van der Waals surface area contributed by atoms with E-state index in [-0.39, 0.29) is 10.7 Å². The van der Waals surface area contributed by atoms with Gasteiger partial charge in [-0.2, -0.15) is 0 Å². The molecule has 2 heterocycles. The topological polar surface area (TPSA) is 87.1 Å². The summed E-state index contributed by atoms with van der Waals surface area (Å²) in [6.07, 6.45) is 5.51. The summed E-state index contributed by atoms with van der Waals surface area (Å²) in [5.41, 5.74) is 4.78. The van der Waals surface area contributed by atoms with Crippen molar-refractivity contribution in [3.05, 3.63) is 89.6 Å². The minimum Gasteiger partial charge on any atom is -0.744 e. The van der Waals surface area contributed by atoms with Crippen LogP contribution in [-0.2, 0) is 30.0 Å². The molecule has 8 heteroatoms. The summed E-state index contributed by atoms with van der Waals surface area (Å²) < 4.78 is 52.4. The Labute approximate surface area is 185 Å². The largest absolute Gasteiger partial charge is 0.744 e. The Hall–Kier alpha value is -3.36. The molecule has 0 saturated carbocycles. The zero-order valence-electron chi connectivity index (χ0n) is 17.6. The first-order valence-electron chi connectivity index (χ1n) is 9.97. The molecule has 6 nitrogen and oxygen atoms in total. The Morgan fingerprint density at radius 1 is 1.03 bits per heavy atom. The predicted octanol–water partition coefficient (Wildman–Crippen LogP) is 3.97. The van der Waals surface area contributed by atoms with Crippen LogP contribution in [0.4, 0.5) is 4.39 Å². The van der Waals surface area contributed by atoms with Crippen LogP contribution in [0.1, 0.15) is 16.8 Å². The van der Waals surface area contributed by atoms with Gasteiger partial charge >= 0.3 is 0 Å². The third-order valence-electron chi connectivity index (χ3n) is 5.18. The van der Waals surface area contributed by atoms with Crippen LogP contribution in [0.2, 0.25) is 0 Å². The second-order valence-electron chi connectivity index (χ2n) is 7.62. The Morgan fingerprint density at radius 2 is 1.72 bits per heavy atom. The van der Waals surface area contributed by atoms with Gasteiger partial charge < -0.3 is 8.97 Å². The van der Waals surface area contributed by atoms with E-state index in [0.717, 1.165) is 46.5 Å². The van der Waals surface area contributed by atoms with Crippen molar-refractivity contribution in [2.45, 2.75) is 24.7 Å². The number of oxazole rings is 1. The van der Waals surface area contributed by atoms with Crippen molar-refractivity contribution in [1.82, 2.24) is 4.98 Å². The number of hydrogen-bond donors (Lipinski definition) is 0. The van der Waals surface area contributed by atoms with Gasteiger partial charge in [-0.05, 0) is 55.7 Å². The Bertz CT molecular complexity index is 1360. The first-order valence-corrected chi connectivity index (χ1v) is 11.4. The van der Waals surface area contributed by atoms with Crippen LogP contribution in [0.3, 0.4) is 0 Å². The maximum Gasteiger partial charge on any atom is 0.227 e. The highest BCUT2D eigenvalue weighted by Gasteiger charge is 2.23. The summed E-state index contributed by atoms with van der Waals surface area (Å²) in [5.74, 6) is 1.20. The quantitative estimate of drug-likeness (QED) is 0.339. The highest BCUT2D eigenvalue weighted by molar-refractivity contribution is 7.85. The van der Waals surface area contributed by atoms with E-state index in [1.165, 1.54) is 18.2 Å². The monoisotopic (exact) mass is 452 g/mol. The molecule has 0 spiro atoms. The number of fused-ring (bicyclic) bond motifs is 3. The number of nitrogens with zero attached hydrogens (tertiary/aromatic N) is 2. The van der Waals surface area contributed by atoms with Crippen LogP contribution in [0, 0.1) is 12.7 Å². The Morgan fingerprint density at radius 3 is 2.38 bits per heavy atom. The van der Waals surface area contributed by atoms with Gasteiger partial charge in [-0.15, -0.1) is 0 Å². The van der Waals surface area contributed by atoms with Crippen molar-refractivity contribution in [3.8, 4) is 22.8 Å². The lowest BCUT2D eigenvalue weighted by atomic mass is 9.93.